The van der Waals surface area contributed by atoms with Crippen molar-refractivity contribution >= 4 is 5.91 Å². The van der Waals surface area contributed by atoms with Gasteiger partial charge in [-0.1, -0.05) is 20.3 Å². The number of hydrogen-bond donors (Lipinski definition) is 2. The summed E-state index contributed by atoms with van der Waals surface area (Å²) >= 11 is 0. The molecule has 0 aromatic rings. The first kappa shape index (κ1) is 14.5. The SMILES string of the molecule is CCCC(COC)NC(=O)C1CNCC(C)C1. The molecule has 1 aliphatic heterocycles. The molecular weight excluding hydrogens is 216 g/mol. The number of rotatable bonds is 6. The van der Waals surface area contributed by atoms with Crippen molar-refractivity contribution in [3.05, 3.63) is 0 Å². The third-order valence-electron chi connectivity index (χ3n) is 3.29. The molecule has 1 rings (SSSR count). The minimum Gasteiger partial charge on any atom is -0.383 e. The maximum Gasteiger partial charge on any atom is 0.224 e. The van der Waals surface area contributed by atoms with Gasteiger partial charge in [0.1, 0.15) is 0 Å². The van der Waals surface area contributed by atoms with Crippen LogP contribution in [-0.2, 0) is 9.53 Å². The van der Waals surface area contributed by atoms with E-state index in [0.29, 0.717) is 12.5 Å². The molecule has 0 spiro atoms. The highest BCUT2D eigenvalue weighted by molar-refractivity contribution is 5.79. The second-order valence-corrected chi connectivity index (χ2v) is 5.15. The zero-order valence-corrected chi connectivity index (χ0v) is 11.3. The molecule has 0 bridgehead atoms. The third kappa shape index (κ3) is 5.04. The van der Waals surface area contributed by atoms with Gasteiger partial charge in [-0.05, 0) is 25.3 Å². The summed E-state index contributed by atoms with van der Waals surface area (Å²) in [7, 11) is 1.68. The van der Waals surface area contributed by atoms with Gasteiger partial charge in [0.25, 0.3) is 0 Å². The average molecular weight is 242 g/mol. The molecule has 3 atom stereocenters. The Morgan fingerprint density at radius 3 is 2.88 bits per heavy atom. The van der Waals surface area contributed by atoms with Crippen LogP contribution in [0.1, 0.15) is 33.1 Å². The largest absolute Gasteiger partial charge is 0.383 e. The van der Waals surface area contributed by atoms with Crippen molar-refractivity contribution in [2.45, 2.75) is 39.2 Å². The minimum absolute atomic E-state index is 0.120. The molecule has 0 aromatic heterocycles. The third-order valence-corrected chi connectivity index (χ3v) is 3.29. The van der Waals surface area contributed by atoms with Crippen molar-refractivity contribution in [1.82, 2.24) is 10.6 Å². The zero-order chi connectivity index (χ0) is 12.7. The Morgan fingerprint density at radius 2 is 2.29 bits per heavy atom. The van der Waals surface area contributed by atoms with Crippen molar-refractivity contribution in [3.63, 3.8) is 0 Å². The first-order valence-electron chi connectivity index (χ1n) is 6.67. The van der Waals surface area contributed by atoms with Crippen LogP contribution in [-0.4, -0.2) is 38.8 Å². The number of carbonyl (C=O) groups is 1. The molecule has 100 valence electrons. The second kappa shape index (κ2) is 7.67. The molecular formula is C13H26N2O2. The fourth-order valence-electron chi connectivity index (χ4n) is 2.42. The predicted octanol–water partition coefficient (Wildman–Crippen LogP) is 1.16. The molecule has 4 nitrogen and oxygen atoms in total. The Kier molecular flexibility index (Phi) is 6.52. The Hall–Kier alpha value is -0.610. The van der Waals surface area contributed by atoms with E-state index in [9.17, 15) is 4.79 Å². The van der Waals surface area contributed by atoms with Crippen LogP contribution < -0.4 is 10.6 Å². The van der Waals surface area contributed by atoms with Gasteiger partial charge in [-0.25, -0.2) is 0 Å². The molecule has 1 saturated heterocycles. The molecule has 1 heterocycles. The highest BCUT2D eigenvalue weighted by Crippen LogP contribution is 2.16. The lowest BCUT2D eigenvalue weighted by Crippen LogP contribution is -2.47. The van der Waals surface area contributed by atoms with Gasteiger partial charge in [0, 0.05) is 13.7 Å². The first-order chi connectivity index (χ1) is 8.17. The summed E-state index contributed by atoms with van der Waals surface area (Å²) in [5.41, 5.74) is 0. The summed E-state index contributed by atoms with van der Waals surface area (Å²) in [6.45, 7) is 6.75. The van der Waals surface area contributed by atoms with E-state index in [4.69, 9.17) is 4.74 Å². The van der Waals surface area contributed by atoms with Crippen LogP contribution in [0.3, 0.4) is 0 Å². The topological polar surface area (TPSA) is 50.4 Å². The van der Waals surface area contributed by atoms with Crippen LogP contribution in [0.5, 0.6) is 0 Å². The molecule has 1 amide bonds. The van der Waals surface area contributed by atoms with Crippen molar-refractivity contribution in [3.8, 4) is 0 Å². The summed E-state index contributed by atoms with van der Waals surface area (Å²) < 4.78 is 5.14. The smallest absolute Gasteiger partial charge is 0.224 e. The lowest BCUT2D eigenvalue weighted by molar-refractivity contribution is -0.127. The first-order valence-corrected chi connectivity index (χ1v) is 6.67. The Labute approximate surface area is 104 Å². The van der Waals surface area contributed by atoms with E-state index in [1.807, 2.05) is 0 Å². The molecule has 4 heteroatoms. The van der Waals surface area contributed by atoms with Gasteiger partial charge in [-0.2, -0.15) is 0 Å². The monoisotopic (exact) mass is 242 g/mol. The number of ether oxygens (including phenoxy) is 1. The number of hydrogen-bond acceptors (Lipinski definition) is 3. The maximum atomic E-state index is 12.1. The Bertz CT molecular complexity index is 227. The van der Waals surface area contributed by atoms with Crippen LogP contribution in [0, 0.1) is 11.8 Å². The minimum atomic E-state index is 0.120. The van der Waals surface area contributed by atoms with Crippen molar-refractivity contribution < 1.29 is 9.53 Å². The van der Waals surface area contributed by atoms with Crippen molar-refractivity contribution in [1.29, 1.82) is 0 Å². The van der Waals surface area contributed by atoms with E-state index >= 15 is 0 Å². The van der Waals surface area contributed by atoms with E-state index in [0.717, 1.165) is 32.4 Å². The summed E-state index contributed by atoms with van der Waals surface area (Å²) in [4.78, 5) is 12.1. The van der Waals surface area contributed by atoms with Crippen LogP contribution in [0.2, 0.25) is 0 Å². The van der Waals surface area contributed by atoms with Gasteiger partial charge in [-0.3, -0.25) is 4.79 Å². The number of nitrogens with one attached hydrogen (secondary N) is 2. The van der Waals surface area contributed by atoms with Gasteiger partial charge >= 0.3 is 0 Å². The standard InChI is InChI=1S/C13H26N2O2/c1-4-5-12(9-17-3)15-13(16)11-6-10(2)7-14-8-11/h10-12,14H,4-9H2,1-3H3,(H,15,16). The average Bonchev–Trinajstić information content (AvgIpc) is 2.29. The normalized spacial score (nSPS) is 26.5. The molecule has 2 N–H and O–H groups in total. The number of amides is 1. The van der Waals surface area contributed by atoms with Gasteiger partial charge < -0.3 is 15.4 Å². The molecule has 0 aromatic carbocycles. The van der Waals surface area contributed by atoms with Crippen molar-refractivity contribution in [2.24, 2.45) is 11.8 Å². The van der Waals surface area contributed by atoms with E-state index in [-0.39, 0.29) is 17.9 Å². The molecule has 17 heavy (non-hydrogen) atoms. The molecule has 1 fully saturated rings. The fourth-order valence-corrected chi connectivity index (χ4v) is 2.42. The number of methoxy groups -OCH3 is 1. The Balaban J connectivity index is 2.39. The van der Waals surface area contributed by atoms with Gasteiger partial charge in [-0.15, -0.1) is 0 Å². The van der Waals surface area contributed by atoms with E-state index in [1.165, 1.54) is 0 Å². The molecule has 0 radical (unpaired) electrons. The second-order valence-electron chi connectivity index (χ2n) is 5.15. The lowest BCUT2D eigenvalue weighted by Gasteiger charge is -2.28. The highest BCUT2D eigenvalue weighted by Gasteiger charge is 2.26. The van der Waals surface area contributed by atoms with E-state index in [1.54, 1.807) is 7.11 Å². The Morgan fingerprint density at radius 1 is 1.53 bits per heavy atom. The molecule has 0 saturated carbocycles. The van der Waals surface area contributed by atoms with E-state index in [2.05, 4.69) is 24.5 Å². The summed E-state index contributed by atoms with van der Waals surface area (Å²) in [6, 6.07) is 0.162. The van der Waals surface area contributed by atoms with E-state index < -0.39 is 0 Å². The van der Waals surface area contributed by atoms with Crippen LogP contribution in [0.25, 0.3) is 0 Å². The van der Waals surface area contributed by atoms with Gasteiger partial charge in [0.05, 0.1) is 18.6 Å². The lowest BCUT2D eigenvalue weighted by atomic mass is 9.91. The molecule has 1 aliphatic rings. The van der Waals surface area contributed by atoms with Gasteiger partial charge in [0.2, 0.25) is 5.91 Å². The molecule has 0 aliphatic carbocycles. The number of piperidine rings is 1. The zero-order valence-electron chi connectivity index (χ0n) is 11.3. The highest BCUT2D eigenvalue weighted by atomic mass is 16.5. The predicted molar refractivity (Wildman–Crippen MR) is 68.9 cm³/mol. The van der Waals surface area contributed by atoms with Crippen LogP contribution >= 0.6 is 0 Å². The van der Waals surface area contributed by atoms with Crippen LogP contribution in [0.15, 0.2) is 0 Å². The fraction of sp³-hybridized carbons (Fsp3) is 0.923. The summed E-state index contributed by atoms with van der Waals surface area (Å²) in [5.74, 6) is 0.890. The summed E-state index contributed by atoms with van der Waals surface area (Å²) in [6.07, 6.45) is 3.04. The summed E-state index contributed by atoms with van der Waals surface area (Å²) in [5, 5.41) is 6.42. The maximum absolute atomic E-state index is 12.1. The van der Waals surface area contributed by atoms with Crippen molar-refractivity contribution in [2.75, 3.05) is 26.8 Å². The number of carbonyl (C=O) groups excluding carboxylic acids is 1. The molecule has 3 unspecified atom stereocenters. The van der Waals surface area contributed by atoms with Crippen LogP contribution in [0.4, 0.5) is 0 Å². The quantitative estimate of drug-likeness (QED) is 0.735. The van der Waals surface area contributed by atoms with Gasteiger partial charge in [0.15, 0.2) is 0 Å².